The lowest BCUT2D eigenvalue weighted by Crippen LogP contribution is -2.49. The van der Waals surface area contributed by atoms with E-state index in [-0.39, 0.29) is 11.5 Å². The fraction of sp³-hybridized carbons (Fsp3) is 0.348. The van der Waals surface area contributed by atoms with Gasteiger partial charge in [0, 0.05) is 57.8 Å². The molecule has 0 saturated carbocycles. The third kappa shape index (κ3) is 4.01. The molecule has 1 saturated heterocycles. The number of aromatic nitrogens is 2. The summed E-state index contributed by atoms with van der Waals surface area (Å²) in [6.45, 7) is 2.88. The topological polar surface area (TPSA) is 67.7 Å². The minimum absolute atomic E-state index is 0.0669. The molecule has 7 heteroatoms. The van der Waals surface area contributed by atoms with E-state index in [2.05, 4.69) is 16.0 Å². The second kappa shape index (κ2) is 8.57. The molecule has 1 fully saturated rings. The van der Waals surface area contributed by atoms with Gasteiger partial charge in [-0.1, -0.05) is 18.2 Å². The Morgan fingerprint density at radius 2 is 1.83 bits per heavy atom. The molecule has 2 aromatic carbocycles. The fourth-order valence-electron chi connectivity index (χ4n) is 3.91. The smallest absolute Gasteiger partial charge is 0.272 e. The molecule has 4 rings (SSSR count). The lowest BCUT2D eigenvalue weighted by atomic mass is 10.2. The van der Waals surface area contributed by atoms with Crippen LogP contribution in [0.2, 0.25) is 0 Å². The van der Waals surface area contributed by atoms with Crippen molar-refractivity contribution in [3.8, 4) is 5.75 Å². The number of hydrogen-bond acceptors (Lipinski definition) is 5. The van der Waals surface area contributed by atoms with Gasteiger partial charge in [0.25, 0.3) is 5.56 Å². The van der Waals surface area contributed by atoms with Gasteiger partial charge in [-0.3, -0.25) is 9.59 Å². The fourth-order valence-corrected chi connectivity index (χ4v) is 3.91. The molecule has 1 aliphatic rings. The number of methoxy groups -OCH3 is 1. The van der Waals surface area contributed by atoms with Gasteiger partial charge in [-0.2, -0.15) is 0 Å². The Kier molecular flexibility index (Phi) is 5.70. The number of carbonyl (C=O) groups excluding carboxylic acids is 1. The number of ether oxygens (including phenoxy) is 1. The molecule has 3 aromatic rings. The van der Waals surface area contributed by atoms with Crippen molar-refractivity contribution in [2.45, 2.75) is 12.8 Å². The van der Waals surface area contributed by atoms with Crippen molar-refractivity contribution in [2.24, 2.45) is 7.05 Å². The number of para-hydroxylation sites is 2. The molecule has 2 heterocycles. The van der Waals surface area contributed by atoms with Crippen LogP contribution in [0.15, 0.2) is 53.3 Å². The number of hydrogen-bond donors (Lipinski definition) is 0. The highest BCUT2D eigenvalue weighted by atomic mass is 16.5. The SMILES string of the molecule is COc1cccc(N2CCN(C(=O)CCc3nc4ccccc4n(C)c3=O)CC2)c1. The Morgan fingerprint density at radius 1 is 1.07 bits per heavy atom. The highest BCUT2D eigenvalue weighted by molar-refractivity contribution is 5.77. The van der Waals surface area contributed by atoms with E-state index in [4.69, 9.17) is 4.74 Å². The van der Waals surface area contributed by atoms with Crippen LogP contribution < -0.4 is 15.2 Å². The average molecular weight is 406 g/mol. The average Bonchev–Trinajstić information content (AvgIpc) is 2.80. The number of fused-ring (bicyclic) bond motifs is 1. The van der Waals surface area contributed by atoms with Gasteiger partial charge in [0.15, 0.2) is 0 Å². The third-order valence-electron chi connectivity index (χ3n) is 5.68. The van der Waals surface area contributed by atoms with Crippen LogP contribution in [0.4, 0.5) is 5.69 Å². The third-order valence-corrected chi connectivity index (χ3v) is 5.68. The van der Waals surface area contributed by atoms with Crippen molar-refractivity contribution in [1.82, 2.24) is 14.5 Å². The first-order chi connectivity index (χ1) is 14.6. The molecule has 30 heavy (non-hydrogen) atoms. The van der Waals surface area contributed by atoms with Crippen LogP contribution in [0.3, 0.4) is 0 Å². The maximum Gasteiger partial charge on any atom is 0.272 e. The van der Waals surface area contributed by atoms with Crippen LogP contribution in [-0.4, -0.2) is 53.6 Å². The van der Waals surface area contributed by atoms with E-state index >= 15 is 0 Å². The van der Waals surface area contributed by atoms with E-state index in [1.54, 1.807) is 18.7 Å². The summed E-state index contributed by atoms with van der Waals surface area (Å²) in [6, 6.07) is 15.5. The Balaban J connectivity index is 1.37. The number of aryl methyl sites for hydroxylation is 2. The molecule has 1 aliphatic heterocycles. The van der Waals surface area contributed by atoms with Crippen molar-refractivity contribution < 1.29 is 9.53 Å². The van der Waals surface area contributed by atoms with Gasteiger partial charge in [0.2, 0.25) is 5.91 Å². The molecular formula is C23H26N4O3. The van der Waals surface area contributed by atoms with Gasteiger partial charge in [-0.15, -0.1) is 0 Å². The monoisotopic (exact) mass is 406 g/mol. The number of anilines is 1. The minimum Gasteiger partial charge on any atom is -0.497 e. The van der Waals surface area contributed by atoms with E-state index in [1.165, 1.54) is 0 Å². The van der Waals surface area contributed by atoms with Crippen LogP contribution in [0.25, 0.3) is 11.0 Å². The second-order valence-corrected chi connectivity index (χ2v) is 7.48. The van der Waals surface area contributed by atoms with Gasteiger partial charge in [0.05, 0.1) is 18.1 Å². The molecule has 0 radical (unpaired) electrons. The highest BCUT2D eigenvalue weighted by Crippen LogP contribution is 2.22. The number of amides is 1. The maximum atomic E-state index is 12.7. The molecular weight excluding hydrogens is 380 g/mol. The minimum atomic E-state index is -0.135. The van der Waals surface area contributed by atoms with Gasteiger partial charge >= 0.3 is 0 Å². The van der Waals surface area contributed by atoms with Gasteiger partial charge in [0.1, 0.15) is 11.4 Å². The zero-order chi connectivity index (χ0) is 21.1. The van der Waals surface area contributed by atoms with Gasteiger partial charge < -0.3 is 19.1 Å². The first-order valence-corrected chi connectivity index (χ1v) is 10.2. The van der Waals surface area contributed by atoms with Crippen LogP contribution in [0.1, 0.15) is 12.1 Å². The summed E-state index contributed by atoms with van der Waals surface area (Å²) in [5.74, 6) is 0.896. The Hall–Kier alpha value is -3.35. The predicted molar refractivity (Wildman–Crippen MR) is 117 cm³/mol. The first-order valence-electron chi connectivity index (χ1n) is 10.2. The summed E-state index contributed by atoms with van der Waals surface area (Å²) in [4.78, 5) is 33.9. The maximum absolute atomic E-state index is 12.7. The van der Waals surface area contributed by atoms with Crippen molar-refractivity contribution >= 4 is 22.6 Å². The van der Waals surface area contributed by atoms with E-state index in [0.717, 1.165) is 35.6 Å². The molecule has 156 valence electrons. The molecule has 1 amide bonds. The summed E-state index contributed by atoms with van der Waals surface area (Å²) < 4.78 is 6.91. The quantitative estimate of drug-likeness (QED) is 0.650. The van der Waals surface area contributed by atoms with Crippen molar-refractivity contribution in [3.05, 3.63) is 64.6 Å². The number of rotatable bonds is 5. The molecule has 0 unspecified atom stereocenters. The molecule has 0 spiro atoms. The van der Waals surface area contributed by atoms with Crippen molar-refractivity contribution in [2.75, 3.05) is 38.2 Å². The zero-order valence-electron chi connectivity index (χ0n) is 17.4. The molecule has 1 aromatic heterocycles. The van der Waals surface area contributed by atoms with E-state index in [1.807, 2.05) is 47.4 Å². The van der Waals surface area contributed by atoms with Gasteiger partial charge in [-0.05, 0) is 24.3 Å². The van der Waals surface area contributed by atoms with Crippen molar-refractivity contribution in [1.29, 1.82) is 0 Å². The summed E-state index contributed by atoms with van der Waals surface area (Å²) in [5, 5.41) is 0. The largest absolute Gasteiger partial charge is 0.497 e. The number of nitrogens with zero attached hydrogens (tertiary/aromatic N) is 4. The molecule has 0 atom stereocenters. The van der Waals surface area contributed by atoms with Crippen molar-refractivity contribution in [3.63, 3.8) is 0 Å². The zero-order valence-corrected chi connectivity index (χ0v) is 17.4. The second-order valence-electron chi connectivity index (χ2n) is 7.48. The lowest BCUT2D eigenvalue weighted by molar-refractivity contribution is -0.131. The Labute approximate surface area is 175 Å². The summed E-state index contributed by atoms with van der Waals surface area (Å²) in [6.07, 6.45) is 0.645. The predicted octanol–water partition coefficient (Wildman–Crippen LogP) is 2.22. The van der Waals surface area contributed by atoms with Crippen LogP contribution >= 0.6 is 0 Å². The molecule has 7 nitrogen and oxygen atoms in total. The summed E-state index contributed by atoms with van der Waals surface area (Å²) in [7, 11) is 3.41. The molecule has 0 bridgehead atoms. The van der Waals surface area contributed by atoms with E-state index in [9.17, 15) is 9.59 Å². The Bertz CT molecular complexity index is 1120. The number of piperazine rings is 1. The van der Waals surface area contributed by atoms with Crippen LogP contribution in [0, 0.1) is 0 Å². The van der Waals surface area contributed by atoms with Crippen LogP contribution in [-0.2, 0) is 18.3 Å². The normalized spacial score (nSPS) is 14.2. The number of carbonyl (C=O) groups is 1. The summed E-state index contributed by atoms with van der Waals surface area (Å²) >= 11 is 0. The lowest BCUT2D eigenvalue weighted by Gasteiger charge is -2.36. The molecule has 0 aliphatic carbocycles. The standard InChI is InChI=1S/C23H26N4O3/c1-25-21-9-4-3-8-19(21)24-20(23(25)29)10-11-22(28)27-14-12-26(13-15-27)17-6-5-7-18(16-17)30-2/h3-9,16H,10-15H2,1-2H3. The van der Waals surface area contributed by atoms with Gasteiger partial charge in [-0.25, -0.2) is 4.98 Å². The Morgan fingerprint density at radius 3 is 2.60 bits per heavy atom. The van der Waals surface area contributed by atoms with Crippen LogP contribution in [0.5, 0.6) is 5.75 Å². The highest BCUT2D eigenvalue weighted by Gasteiger charge is 2.22. The van der Waals surface area contributed by atoms with E-state index in [0.29, 0.717) is 31.6 Å². The molecule has 0 N–H and O–H groups in total. The number of benzene rings is 2. The summed E-state index contributed by atoms with van der Waals surface area (Å²) in [5.41, 5.74) is 2.98. The van der Waals surface area contributed by atoms with E-state index < -0.39 is 0 Å². The first kappa shape index (κ1) is 19.9.